The van der Waals surface area contributed by atoms with Gasteiger partial charge in [-0.05, 0) is 24.3 Å². The summed E-state index contributed by atoms with van der Waals surface area (Å²) in [5, 5.41) is 20.1. The number of carbonyl (C=O) groups is 2. The fraction of sp³-hybridized carbons (Fsp3) is 0. The van der Waals surface area contributed by atoms with E-state index in [1.807, 2.05) is 0 Å². The Morgan fingerprint density at radius 1 is 0.737 bits per heavy atom. The molecule has 19 heavy (non-hydrogen) atoms. The van der Waals surface area contributed by atoms with Gasteiger partial charge in [-0.1, -0.05) is 0 Å². The van der Waals surface area contributed by atoms with Crippen LogP contribution in [0, 0.1) is 0 Å². The van der Waals surface area contributed by atoms with Crippen molar-refractivity contribution in [1.29, 1.82) is 0 Å². The summed E-state index contributed by atoms with van der Waals surface area (Å²) in [6.07, 6.45) is 5.63. The number of carboxylic acid groups (broad SMARTS) is 2. The SMILES string of the molecule is O=C([O-])c1ccncc1.O=C([O-])c1ccncc1.[Fe+2]. The summed E-state index contributed by atoms with van der Waals surface area (Å²) >= 11 is 0. The molecular formula is C12H8FeN2O4. The van der Waals surface area contributed by atoms with Gasteiger partial charge in [0, 0.05) is 35.9 Å². The molecule has 0 unspecified atom stereocenters. The third-order valence-corrected chi connectivity index (χ3v) is 1.83. The van der Waals surface area contributed by atoms with Crippen molar-refractivity contribution in [3.8, 4) is 0 Å². The third kappa shape index (κ3) is 6.30. The van der Waals surface area contributed by atoms with Crippen molar-refractivity contribution in [2.24, 2.45) is 0 Å². The van der Waals surface area contributed by atoms with Crippen LogP contribution in [0.15, 0.2) is 49.1 Å². The van der Waals surface area contributed by atoms with E-state index in [4.69, 9.17) is 0 Å². The average Bonchev–Trinajstić information content (AvgIpc) is 2.41. The van der Waals surface area contributed by atoms with E-state index in [9.17, 15) is 19.8 Å². The number of hydrogen-bond acceptors (Lipinski definition) is 6. The van der Waals surface area contributed by atoms with Gasteiger partial charge in [0.1, 0.15) is 0 Å². The molecule has 7 heteroatoms. The predicted octanol–water partition coefficient (Wildman–Crippen LogP) is -1.11. The second-order valence-corrected chi connectivity index (χ2v) is 3.05. The van der Waals surface area contributed by atoms with E-state index in [1.54, 1.807) is 0 Å². The Morgan fingerprint density at radius 3 is 1.16 bits per heavy atom. The number of aromatic carboxylic acids is 2. The summed E-state index contributed by atoms with van der Waals surface area (Å²) < 4.78 is 0. The molecule has 6 nitrogen and oxygen atoms in total. The van der Waals surface area contributed by atoms with Crippen molar-refractivity contribution in [3.63, 3.8) is 0 Å². The fourth-order valence-corrected chi connectivity index (χ4v) is 0.976. The molecule has 0 saturated heterocycles. The van der Waals surface area contributed by atoms with E-state index < -0.39 is 11.9 Å². The first-order valence-corrected chi connectivity index (χ1v) is 4.84. The van der Waals surface area contributed by atoms with Crippen LogP contribution in [0.3, 0.4) is 0 Å². The quantitative estimate of drug-likeness (QED) is 0.651. The molecule has 0 aliphatic heterocycles. The minimum absolute atomic E-state index is 0. The summed E-state index contributed by atoms with van der Waals surface area (Å²) in [4.78, 5) is 27.4. The second-order valence-electron chi connectivity index (χ2n) is 3.05. The van der Waals surface area contributed by atoms with Crippen LogP contribution in [-0.2, 0) is 17.1 Å². The van der Waals surface area contributed by atoms with Crippen molar-refractivity contribution < 1.29 is 36.9 Å². The fourth-order valence-electron chi connectivity index (χ4n) is 0.976. The standard InChI is InChI=1S/2C6H5NO2.Fe/c2*8-6(9)5-1-3-7-4-2-5;/h2*1-4H,(H,8,9);/q;;+2/p-2. The zero-order valence-corrected chi connectivity index (χ0v) is 10.6. The molecule has 0 saturated carbocycles. The maximum atomic E-state index is 10.1. The number of carbonyl (C=O) groups excluding carboxylic acids is 2. The number of nitrogens with zero attached hydrogens (tertiary/aromatic N) is 2. The van der Waals surface area contributed by atoms with Crippen molar-refractivity contribution in [3.05, 3.63) is 60.2 Å². The molecule has 0 atom stereocenters. The zero-order valence-electron chi connectivity index (χ0n) is 9.50. The van der Waals surface area contributed by atoms with Crippen LogP contribution in [0.2, 0.25) is 0 Å². The molecule has 0 aromatic carbocycles. The molecule has 2 rings (SSSR count). The molecule has 98 valence electrons. The number of pyridine rings is 2. The number of hydrogen-bond donors (Lipinski definition) is 0. The van der Waals surface area contributed by atoms with Crippen LogP contribution in [0.1, 0.15) is 20.7 Å². The normalized spacial score (nSPS) is 8.42. The van der Waals surface area contributed by atoms with Gasteiger partial charge in [-0.2, -0.15) is 0 Å². The van der Waals surface area contributed by atoms with Crippen molar-refractivity contribution >= 4 is 11.9 Å². The predicted molar refractivity (Wildman–Crippen MR) is 57.1 cm³/mol. The Labute approximate surface area is 119 Å². The van der Waals surface area contributed by atoms with Gasteiger partial charge in [0.15, 0.2) is 0 Å². The molecule has 0 radical (unpaired) electrons. The van der Waals surface area contributed by atoms with Crippen molar-refractivity contribution in [1.82, 2.24) is 9.97 Å². The van der Waals surface area contributed by atoms with Crippen LogP contribution in [0.5, 0.6) is 0 Å². The minimum atomic E-state index is -1.17. The number of aromatic nitrogens is 2. The zero-order chi connectivity index (χ0) is 13.4. The minimum Gasteiger partial charge on any atom is -0.545 e. The van der Waals surface area contributed by atoms with Crippen LogP contribution >= 0.6 is 0 Å². The Hall–Kier alpha value is -2.24. The van der Waals surface area contributed by atoms with Crippen LogP contribution < -0.4 is 10.2 Å². The molecule has 0 aliphatic rings. The third-order valence-electron chi connectivity index (χ3n) is 1.83. The van der Waals surface area contributed by atoms with E-state index in [0.717, 1.165) is 0 Å². The molecule has 0 aliphatic carbocycles. The molecule has 2 heterocycles. The number of rotatable bonds is 2. The first-order chi connectivity index (χ1) is 8.61. The van der Waals surface area contributed by atoms with Gasteiger partial charge in [0.2, 0.25) is 0 Å². The summed E-state index contributed by atoms with van der Waals surface area (Å²) in [6.45, 7) is 0. The van der Waals surface area contributed by atoms with Crippen LogP contribution in [0.4, 0.5) is 0 Å². The molecule has 2 aromatic rings. The van der Waals surface area contributed by atoms with Crippen LogP contribution in [-0.4, -0.2) is 21.9 Å². The first-order valence-electron chi connectivity index (χ1n) is 4.84. The Bertz CT molecular complexity index is 470. The molecule has 0 N–H and O–H groups in total. The smallest absolute Gasteiger partial charge is 0.545 e. The van der Waals surface area contributed by atoms with Crippen LogP contribution in [0.25, 0.3) is 0 Å². The van der Waals surface area contributed by atoms with Gasteiger partial charge in [-0.3, -0.25) is 9.97 Å². The largest absolute Gasteiger partial charge is 2.00 e. The monoisotopic (exact) mass is 300 g/mol. The molecule has 0 amide bonds. The molecule has 0 fully saturated rings. The topological polar surface area (TPSA) is 106 Å². The summed E-state index contributed by atoms with van der Waals surface area (Å²) in [5.74, 6) is -2.34. The summed E-state index contributed by atoms with van der Waals surface area (Å²) in [5.41, 5.74) is 0.315. The van der Waals surface area contributed by atoms with Crippen molar-refractivity contribution in [2.45, 2.75) is 0 Å². The Kier molecular flexibility index (Phi) is 7.76. The maximum Gasteiger partial charge on any atom is 2.00 e. The van der Waals surface area contributed by atoms with Crippen molar-refractivity contribution in [2.75, 3.05) is 0 Å². The van der Waals surface area contributed by atoms with Gasteiger partial charge in [0.25, 0.3) is 0 Å². The van der Waals surface area contributed by atoms with Gasteiger partial charge in [0.05, 0.1) is 11.9 Å². The average molecular weight is 300 g/mol. The van der Waals surface area contributed by atoms with Gasteiger partial charge < -0.3 is 19.8 Å². The van der Waals surface area contributed by atoms with Gasteiger partial charge in [-0.25, -0.2) is 0 Å². The molecule has 0 spiro atoms. The number of carboxylic acids is 2. The van der Waals surface area contributed by atoms with E-state index >= 15 is 0 Å². The molecular weight excluding hydrogens is 292 g/mol. The van der Waals surface area contributed by atoms with Gasteiger partial charge >= 0.3 is 17.1 Å². The van der Waals surface area contributed by atoms with E-state index in [1.165, 1.54) is 49.1 Å². The van der Waals surface area contributed by atoms with E-state index in [0.29, 0.717) is 0 Å². The maximum absolute atomic E-state index is 10.1. The second kappa shape index (κ2) is 8.79. The Balaban J connectivity index is 0.000000324. The summed E-state index contributed by atoms with van der Waals surface area (Å²) in [7, 11) is 0. The van der Waals surface area contributed by atoms with Gasteiger partial charge in [-0.15, -0.1) is 0 Å². The molecule has 2 aromatic heterocycles. The first kappa shape index (κ1) is 16.8. The van der Waals surface area contributed by atoms with E-state index in [-0.39, 0.29) is 28.2 Å². The summed E-state index contributed by atoms with van der Waals surface area (Å²) in [6, 6.07) is 5.54. The van der Waals surface area contributed by atoms with E-state index in [2.05, 4.69) is 9.97 Å². The Morgan fingerprint density at radius 2 is 1.00 bits per heavy atom. The molecule has 0 bridgehead atoms.